The van der Waals surface area contributed by atoms with E-state index >= 15 is 0 Å². The number of aliphatic hydroxyl groups excluding tert-OH is 1. The van der Waals surface area contributed by atoms with Gasteiger partial charge in [-0.3, -0.25) is 0 Å². The molecule has 1 saturated carbocycles. The molecule has 108 valence electrons. The van der Waals surface area contributed by atoms with Crippen LogP contribution in [-0.2, 0) is 10.0 Å². The second-order valence-corrected chi connectivity index (χ2v) is 6.93. The second kappa shape index (κ2) is 6.35. The van der Waals surface area contributed by atoms with E-state index in [0.717, 1.165) is 25.7 Å². The van der Waals surface area contributed by atoms with Crippen LogP contribution in [0.15, 0.2) is 29.2 Å². The summed E-state index contributed by atoms with van der Waals surface area (Å²) in [6.45, 7) is 0.381. The highest BCUT2D eigenvalue weighted by Crippen LogP contribution is 2.24. The van der Waals surface area contributed by atoms with Crippen LogP contribution >= 0.6 is 0 Å². The predicted molar refractivity (Wildman–Crippen MR) is 74.3 cm³/mol. The number of nitrogens with one attached hydrogen (secondary N) is 1. The molecule has 2 rings (SSSR count). The van der Waals surface area contributed by atoms with E-state index in [1.54, 1.807) is 12.1 Å². The van der Waals surface area contributed by atoms with Crippen LogP contribution in [0.1, 0.15) is 31.2 Å². The number of hydrogen-bond acceptors (Lipinski definition) is 4. The van der Waals surface area contributed by atoms with Crippen LogP contribution in [0.3, 0.4) is 0 Å². The van der Waals surface area contributed by atoms with Crippen LogP contribution in [0.25, 0.3) is 0 Å². The van der Waals surface area contributed by atoms with E-state index in [-0.39, 0.29) is 16.9 Å². The average Bonchev–Trinajstić information content (AvgIpc) is 2.47. The van der Waals surface area contributed by atoms with Gasteiger partial charge in [0, 0.05) is 6.54 Å². The number of nitriles is 1. The van der Waals surface area contributed by atoms with E-state index in [0.29, 0.717) is 12.1 Å². The van der Waals surface area contributed by atoms with Crippen LogP contribution < -0.4 is 4.72 Å². The number of benzene rings is 1. The van der Waals surface area contributed by atoms with E-state index in [1.807, 2.05) is 6.07 Å². The maximum atomic E-state index is 12.1. The SMILES string of the molecule is N#Cc1cccc(S(=O)(=O)NCC2CCC(O)CC2)c1. The zero-order valence-corrected chi connectivity index (χ0v) is 11.9. The Hall–Kier alpha value is -1.42. The Kier molecular flexibility index (Phi) is 4.76. The molecule has 6 heteroatoms. The molecule has 0 atom stereocenters. The summed E-state index contributed by atoms with van der Waals surface area (Å²) < 4.78 is 26.9. The molecule has 0 spiro atoms. The Balaban J connectivity index is 1.99. The highest BCUT2D eigenvalue weighted by atomic mass is 32.2. The van der Waals surface area contributed by atoms with E-state index in [9.17, 15) is 13.5 Å². The monoisotopic (exact) mass is 294 g/mol. The van der Waals surface area contributed by atoms with Crippen LogP contribution in [-0.4, -0.2) is 26.2 Å². The molecule has 0 saturated heterocycles. The first-order valence-electron chi connectivity index (χ1n) is 6.69. The summed E-state index contributed by atoms with van der Waals surface area (Å²) in [5, 5.41) is 18.2. The second-order valence-electron chi connectivity index (χ2n) is 5.17. The van der Waals surface area contributed by atoms with Crippen LogP contribution in [0.5, 0.6) is 0 Å². The smallest absolute Gasteiger partial charge is 0.240 e. The summed E-state index contributed by atoms with van der Waals surface area (Å²) in [5.41, 5.74) is 0.327. The first-order chi connectivity index (χ1) is 9.51. The lowest BCUT2D eigenvalue weighted by molar-refractivity contribution is 0.109. The third kappa shape index (κ3) is 3.79. The molecule has 0 aliphatic heterocycles. The number of aliphatic hydroxyl groups is 1. The molecule has 0 heterocycles. The van der Waals surface area contributed by atoms with E-state index in [2.05, 4.69) is 4.72 Å². The normalized spacial score (nSPS) is 23.2. The van der Waals surface area contributed by atoms with Gasteiger partial charge in [0.2, 0.25) is 10.0 Å². The third-order valence-electron chi connectivity index (χ3n) is 3.65. The van der Waals surface area contributed by atoms with Gasteiger partial charge in [0.1, 0.15) is 0 Å². The molecule has 0 unspecified atom stereocenters. The minimum Gasteiger partial charge on any atom is -0.393 e. The number of nitrogens with zero attached hydrogens (tertiary/aromatic N) is 1. The highest BCUT2D eigenvalue weighted by molar-refractivity contribution is 7.89. The zero-order chi connectivity index (χ0) is 14.6. The van der Waals surface area contributed by atoms with Crippen LogP contribution in [0.4, 0.5) is 0 Å². The Morgan fingerprint density at radius 2 is 2.00 bits per heavy atom. The molecular formula is C14H18N2O3S. The standard InChI is InChI=1S/C14H18N2O3S/c15-9-12-2-1-3-14(8-12)20(18,19)16-10-11-4-6-13(17)7-5-11/h1-3,8,11,13,16-17H,4-7,10H2. The molecule has 0 aromatic heterocycles. The highest BCUT2D eigenvalue weighted by Gasteiger charge is 2.22. The fraction of sp³-hybridized carbons (Fsp3) is 0.500. The molecule has 20 heavy (non-hydrogen) atoms. The molecule has 0 amide bonds. The number of hydrogen-bond donors (Lipinski definition) is 2. The molecule has 1 fully saturated rings. The molecule has 2 N–H and O–H groups in total. The van der Waals surface area contributed by atoms with Crippen molar-refractivity contribution in [1.82, 2.24) is 4.72 Å². The van der Waals surface area contributed by atoms with Gasteiger partial charge < -0.3 is 5.11 Å². The number of rotatable bonds is 4. The summed E-state index contributed by atoms with van der Waals surface area (Å²) in [7, 11) is -3.57. The van der Waals surface area contributed by atoms with Gasteiger partial charge in [-0.15, -0.1) is 0 Å². The van der Waals surface area contributed by atoms with Crippen LogP contribution in [0.2, 0.25) is 0 Å². The van der Waals surface area contributed by atoms with Crippen molar-refractivity contribution in [3.05, 3.63) is 29.8 Å². The fourth-order valence-electron chi connectivity index (χ4n) is 2.39. The van der Waals surface area contributed by atoms with E-state index in [1.165, 1.54) is 12.1 Å². The lowest BCUT2D eigenvalue weighted by Gasteiger charge is -2.25. The molecule has 5 nitrogen and oxygen atoms in total. The maximum absolute atomic E-state index is 12.1. The Labute approximate surface area is 119 Å². The van der Waals surface area contributed by atoms with Crippen molar-refractivity contribution in [2.24, 2.45) is 5.92 Å². The molecule has 0 radical (unpaired) electrons. The predicted octanol–water partition coefficient (Wildman–Crippen LogP) is 1.39. The van der Waals surface area contributed by atoms with Crippen molar-refractivity contribution in [1.29, 1.82) is 5.26 Å². The largest absolute Gasteiger partial charge is 0.393 e. The minimum absolute atomic E-state index is 0.118. The van der Waals surface area contributed by atoms with Crippen molar-refractivity contribution < 1.29 is 13.5 Å². The van der Waals surface area contributed by atoms with Gasteiger partial charge in [0.15, 0.2) is 0 Å². The zero-order valence-electron chi connectivity index (χ0n) is 11.1. The first-order valence-corrected chi connectivity index (χ1v) is 8.17. The van der Waals surface area contributed by atoms with Gasteiger partial charge in [0.25, 0.3) is 0 Å². The van der Waals surface area contributed by atoms with Gasteiger partial charge in [-0.25, -0.2) is 13.1 Å². The quantitative estimate of drug-likeness (QED) is 0.878. The van der Waals surface area contributed by atoms with Crippen molar-refractivity contribution in [2.45, 2.75) is 36.7 Å². The van der Waals surface area contributed by atoms with Gasteiger partial charge in [0.05, 0.1) is 22.6 Å². The third-order valence-corrected chi connectivity index (χ3v) is 5.07. The summed E-state index contributed by atoms with van der Waals surface area (Å²) in [6, 6.07) is 7.91. The van der Waals surface area contributed by atoms with Crippen molar-refractivity contribution in [2.75, 3.05) is 6.54 Å². The van der Waals surface area contributed by atoms with Gasteiger partial charge >= 0.3 is 0 Å². The van der Waals surface area contributed by atoms with Crippen molar-refractivity contribution in [3.8, 4) is 6.07 Å². The summed E-state index contributed by atoms with van der Waals surface area (Å²) >= 11 is 0. The topological polar surface area (TPSA) is 90.2 Å². The Morgan fingerprint density at radius 3 is 2.65 bits per heavy atom. The van der Waals surface area contributed by atoms with Crippen molar-refractivity contribution >= 4 is 10.0 Å². The summed E-state index contributed by atoms with van der Waals surface area (Å²) in [4.78, 5) is 0.118. The minimum atomic E-state index is -3.57. The number of sulfonamides is 1. The molecule has 0 bridgehead atoms. The first kappa shape index (κ1) is 15.0. The van der Waals surface area contributed by atoms with Gasteiger partial charge in [-0.05, 0) is 49.8 Å². The Morgan fingerprint density at radius 1 is 1.30 bits per heavy atom. The Bertz CT molecular complexity index is 599. The van der Waals surface area contributed by atoms with Gasteiger partial charge in [-0.2, -0.15) is 5.26 Å². The summed E-state index contributed by atoms with van der Waals surface area (Å²) in [6.07, 6.45) is 2.89. The van der Waals surface area contributed by atoms with Crippen molar-refractivity contribution in [3.63, 3.8) is 0 Å². The molecule has 1 aromatic rings. The fourth-order valence-corrected chi connectivity index (χ4v) is 3.55. The molecule has 1 aromatic carbocycles. The average molecular weight is 294 g/mol. The van der Waals surface area contributed by atoms with E-state index < -0.39 is 10.0 Å². The maximum Gasteiger partial charge on any atom is 0.240 e. The van der Waals surface area contributed by atoms with Gasteiger partial charge in [-0.1, -0.05) is 6.07 Å². The molecular weight excluding hydrogens is 276 g/mol. The lowest BCUT2D eigenvalue weighted by atomic mass is 9.88. The van der Waals surface area contributed by atoms with E-state index in [4.69, 9.17) is 5.26 Å². The lowest BCUT2D eigenvalue weighted by Crippen LogP contribution is -2.32. The molecule has 1 aliphatic carbocycles. The summed E-state index contributed by atoms with van der Waals surface area (Å²) in [5.74, 6) is 0.271. The molecule has 1 aliphatic rings. The van der Waals surface area contributed by atoms with Crippen LogP contribution in [0, 0.1) is 17.2 Å².